The van der Waals surface area contributed by atoms with E-state index >= 15 is 0 Å². The van der Waals surface area contributed by atoms with Crippen molar-refractivity contribution in [3.63, 3.8) is 0 Å². The van der Waals surface area contributed by atoms with Gasteiger partial charge in [-0.15, -0.1) is 0 Å². The standard InChI is InChI=1S/C19H24N4O/c1-14-2-4-15(5-3-14)6-7-16-8-12-23(13-9-16)19(24)17-18(20)22-11-10-21-17/h2-5,10-11,16H,6-9,12-13H2,1H3,(H2,20,22). The molecule has 24 heavy (non-hydrogen) atoms. The van der Waals surface area contributed by atoms with Gasteiger partial charge in [0, 0.05) is 25.5 Å². The number of carbonyl (C=O) groups is 1. The number of hydrogen-bond acceptors (Lipinski definition) is 4. The smallest absolute Gasteiger partial charge is 0.276 e. The minimum absolute atomic E-state index is 0.0995. The first kappa shape index (κ1) is 16.4. The summed E-state index contributed by atoms with van der Waals surface area (Å²) < 4.78 is 0. The number of hydrogen-bond donors (Lipinski definition) is 1. The summed E-state index contributed by atoms with van der Waals surface area (Å²) in [6.07, 6.45) is 7.38. The minimum atomic E-state index is -0.0995. The van der Waals surface area contributed by atoms with E-state index in [0.29, 0.717) is 5.92 Å². The predicted octanol–water partition coefficient (Wildman–Crippen LogP) is 2.85. The van der Waals surface area contributed by atoms with E-state index in [-0.39, 0.29) is 17.4 Å². The second-order valence-electron chi connectivity index (χ2n) is 6.55. The topological polar surface area (TPSA) is 72.1 Å². The highest BCUT2D eigenvalue weighted by molar-refractivity contribution is 5.96. The summed E-state index contributed by atoms with van der Waals surface area (Å²) in [6.45, 7) is 3.65. The second-order valence-corrected chi connectivity index (χ2v) is 6.55. The largest absolute Gasteiger partial charge is 0.382 e. The number of nitrogen functional groups attached to an aromatic ring is 1. The number of nitrogens with two attached hydrogens (primary N) is 1. The summed E-state index contributed by atoms with van der Waals surface area (Å²) in [7, 11) is 0. The van der Waals surface area contributed by atoms with Crippen LogP contribution in [0.15, 0.2) is 36.7 Å². The fourth-order valence-corrected chi connectivity index (χ4v) is 3.21. The quantitative estimate of drug-likeness (QED) is 0.938. The van der Waals surface area contributed by atoms with Gasteiger partial charge in [-0.25, -0.2) is 9.97 Å². The Hall–Kier alpha value is -2.43. The molecule has 0 radical (unpaired) electrons. The number of piperidine rings is 1. The summed E-state index contributed by atoms with van der Waals surface area (Å²) in [5, 5.41) is 0. The molecule has 5 heteroatoms. The molecule has 126 valence electrons. The molecule has 0 unspecified atom stereocenters. The summed E-state index contributed by atoms with van der Waals surface area (Å²) in [4.78, 5) is 22.4. The molecule has 1 fully saturated rings. The van der Waals surface area contributed by atoms with Gasteiger partial charge in [0.05, 0.1) is 0 Å². The molecule has 3 rings (SSSR count). The van der Waals surface area contributed by atoms with Crippen LogP contribution in [0.2, 0.25) is 0 Å². The highest BCUT2D eigenvalue weighted by Gasteiger charge is 2.25. The first-order valence-electron chi connectivity index (χ1n) is 8.55. The van der Waals surface area contributed by atoms with Crippen molar-refractivity contribution in [2.45, 2.75) is 32.6 Å². The summed E-state index contributed by atoms with van der Waals surface area (Å²) in [5.41, 5.74) is 8.73. The molecular formula is C19H24N4O. The highest BCUT2D eigenvalue weighted by Crippen LogP contribution is 2.24. The average Bonchev–Trinajstić information content (AvgIpc) is 2.61. The minimum Gasteiger partial charge on any atom is -0.382 e. The number of carbonyl (C=O) groups excluding carboxylic acids is 1. The van der Waals surface area contributed by atoms with Crippen LogP contribution in [-0.4, -0.2) is 33.9 Å². The van der Waals surface area contributed by atoms with E-state index < -0.39 is 0 Å². The van der Waals surface area contributed by atoms with E-state index in [4.69, 9.17) is 5.73 Å². The third kappa shape index (κ3) is 3.91. The molecule has 1 aliphatic heterocycles. The van der Waals surface area contributed by atoms with E-state index in [1.54, 1.807) is 0 Å². The molecule has 1 aromatic carbocycles. The average molecular weight is 324 g/mol. The molecule has 1 amide bonds. The molecule has 5 nitrogen and oxygen atoms in total. The Morgan fingerprint density at radius 3 is 2.50 bits per heavy atom. The van der Waals surface area contributed by atoms with Crippen LogP contribution in [-0.2, 0) is 6.42 Å². The van der Waals surface area contributed by atoms with Gasteiger partial charge in [0.25, 0.3) is 5.91 Å². The van der Waals surface area contributed by atoms with Crippen molar-refractivity contribution >= 4 is 11.7 Å². The molecule has 0 spiro atoms. The first-order valence-corrected chi connectivity index (χ1v) is 8.55. The van der Waals surface area contributed by atoms with Crippen LogP contribution >= 0.6 is 0 Å². The van der Waals surface area contributed by atoms with Gasteiger partial charge in [-0.1, -0.05) is 29.8 Å². The lowest BCUT2D eigenvalue weighted by atomic mass is 9.90. The lowest BCUT2D eigenvalue weighted by Crippen LogP contribution is -2.39. The first-order chi connectivity index (χ1) is 11.6. The Labute approximate surface area is 142 Å². The van der Waals surface area contributed by atoms with Gasteiger partial charge in [0.1, 0.15) is 0 Å². The molecule has 2 heterocycles. The number of amides is 1. The molecule has 2 N–H and O–H groups in total. The van der Waals surface area contributed by atoms with Crippen molar-refractivity contribution in [1.82, 2.24) is 14.9 Å². The maximum Gasteiger partial charge on any atom is 0.276 e. The van der Waals surface area contributed by atoms with E-state index in [2.05, 4.69) is 41.2 Å². The third-order valence-corrected chi connectivity index (χ3v) is 4.79. The van der Waals surface area contributed by atoms with E-state index in [9.17, 15) is 4.79 Å². The second kappa shape index (κ2) is 7.43. The molecule has 0 bridgehead atoms. The molecule has 1 aliphatic rings. The fraction of sp³-hybridized carbons (Fsp3) is 0.421. The Bertz CT molecular complexity index is 691. The maximum atomic E-state index is 12.5. The van der Waals surface area contributed by atoms with Crippen molar-refractivity contribution in [1.29, 1.82) is 0 Å². The number of likely N-dealkylation sites (tertiary alicyclic amines) is 1. The van der Waals surface area contributed by atoms with E-state index in [1.807, 2.05) is 4.90 Å². The van der Waals surface area contributed by atoms with Gasteiger partial charge in [-0.3, -0.25) is 4.79 Å². The van der Waals surface area contributed by atoms with Crippen molar-refractivity contribution in [3.8, 4) is 0 Å². The fourth-order valence-electron chi connectivity index (χ4n) is 3.21. The van der Waals surface area contributed by atoms with E-state index in [1.165, 1.54) is 29.9 Å². The number of nitrogens with zero attached hydrogens (tertiary/aromatic N) is 3. The van der Waals surface area contributed by atoms with Crippen LogP contribution < -0.4 is 5.73 Å². The molecule has 2 aromatic rings. The van der Waals surface area contributed by atoms with Crippen LogP contribution in [0.25, 0.3) is 0 Å². The number of aryl methyl sites for hydroxylation is 2. The van der Waals surface area contributed by atoms with Gasteiger partial charge in [-0.05, 0) is 44.1 Å². The Morgan fingerprint density at radius 2 is 1.83 bits per heavy atom. The van der Waals surface area contributed by atoms with Crippen LogP contribution in [0.3, 0.4) is 0 Å². The van der Waals surface area contributed by atoms with Gasteiger partial charge in [0.2, 0.25) is 0 Å². The molecule has 0 saturated carbocycles. The molecular weight excluding hydrogens is 300 g/mol. The Balaban J connectivity index is 1.49. The van der Waals surface area contributed by atoms with Crippen LogP contribution in [0, 0.1) is 12.8 Å². The molecule has 1 aromatic heterocycles. The zero-order valence-corrected chi connectivity index (χ0v) is 14.1. The number of anilines is 1. The van der Waals surface area contributed by atoms with Gasteiger partial charge >= 0.3 is 0 Å². The Morgan fingerprint density at radius 1 is 1.17 bits per heavy atom. The predicted molar refractivity (Wildman–Crippen MR) is 94.6 cm³/mol. The van der Waals surface area contributed by atoms with Crippen molar-refractivity contribution in [2.75, 3.05) is 18.8 Å². The van der Waals surface area contributed by atoms with Gasteiger partial charge in [0.15, 0.2) is 11.5 Å². The zero-order valence-electron chi connectivity index (χ0n) is 14.1. The van der Waals surface area contributed by atoms with Gasteiger partial charge < -0.3 is 10.6 Å². The zero-order chi connectivity index (χ0) is 16.9. The molecule has 0 atom stereocenters. The van der Waals surface area contributed by atoms with Crippen molar-refractivity contribution < 1.29 is 4.79 Å². The van der Waals surface area contributed by atoms with Crippen LogP contribution in [0.4, 0.5) is 5.82 Å². The number of benzene rings is 1. The van der Waals surface area contributed by atoms with Crippen LogP contribution in [0.5, 0.6) is 0 Å². The molecule has 1 saturated heterocycles. The lowest BCUT2D eigenvalue weighted by molar-refractivity contribution is 0.0682. The highest BCUT2D eigenvalue weighted by atomic mass is 16.2. The maximum absolute atomic E-state index is 12.5. The normalized spacial score (nSPS) is 15.5. The molecule has 0 aliphatic carbocycles. The van der Waals surface area contributed by atoms with E-state index in [0.717, 1.165) is 32.4 Å². The monoisotopic (exact) mass is 324 g/mol. The van der Waals surface area contributed by atoms with Crippen molar-refractivity contribution in [3.05, 3.63) is 53.5 Å². The summed E-state index contributed by atoms with van der Waals surface area (Å²) in [5.74, 6) is 0.788. The number of aromatic nitrogens is 2. The summed E-state index contributed by atoms with van der Waals surface area (Å²) in [6, 6.07) is 8.76. The summed E-state index contributed by atoms with van der Waals surface area (Å²) >= 11 is 0. The van der Waals surface area contributed by atoms with Crippen LogP contribution in [0.1, 0.15) is 40.9 Å². The lowest BCUT2D eigenvalue weighted by Gasteiger charge is -2.32. The SMILES string of the molecule is Cc1ccc(CCC2CCN(C(=O)c3nccnc3N)CC2)cc1. The Kier molecular flexibility index (Phi) is 5.08. The third-order valence-electron chi connectivity index (χ3n) is 4.79. The number of rotatable bonds is 4. The van der Waals surface area contributed by atoms with Gasteiger partial charge in [-0.2, -0.15) is 0 Å². The van der Waals surface area contributed by atoms with Crippen molar-refractivity contribution in [2.24, 2.45) is 5.92 Å².